The Balaban J connectivity index is 2.39. The van der Waals surface area contributed by atoms with Crippen LogP contribution < -0.4 is 4.74 Å². The number of ether oxygens (including phenoxy) is 2. The number of carbonyl (C=O) groups excluding carboxylic acids is 2. The summed E-state index contributed by atoms with van der Waals surface area (Å²) in [4.78, 5) is 35.4. The number of nitroso groups, excluding NO2 is 1. The van der Waals surface area contributed by atoms with Gasteiger partial charge in [0, 0.05) is 18.9 Å². The third-order valence-electron chi connectivity index (χ3n) is 4.52. The van der Waals surface area contributed by atoms with Gasteiger partial charge in [-0.15, -0.1) is 4.91 Å². The fraction of sp³-hybridized carbons (Fsp3) is 0.348. The van der Waals surface area contributed by atoms with E-state index in [1.54, 1.807) is 0 Å². The van der Waals surface area contributed by atoms with Gasteiger partial charge in [-0.05, 0) is 36.2 Å². The molecular formula is C23H26N2O6. The summed E-state index contributed by atoms with van der Waals surface area (Å²) in [6.45, 7) is 7.75. The topological polar surface area (TPSA) is 108 Å². The quantitative estimate of drug-likeness (QED) is 0.122. The van der Waals surface area contributed by atoms with Crippen molar-refractivity contribution in [2.24, 2.45) is 5.18 Å². The number of para-hydroxylation sites is 1. The molecule has 0 fully saturated rings. The Morgan fingerprint density at radius 2 is 1.74 bits per heavy atom. The Morgan fingerprint density at radius 3 is 2.35 bits per heavy atom. The lowest BCUT2D eigenvalue weighted by Gasteiger charge is -2.17. The summed E-state index contributed by atoms with van der Waals surface area (Å²) >= 11 is 0. The number of esters is 2. The number of rotatable bonds is 10. The van der Waals surface area contributed by atoms with E-state index in [0.717, 1.165) is 12.8 Å². The van der Waals surface area contributed by atoms with Gasteiger partial charge in [-0.25, -0.2) is 0 Å². The first-order chi connectivity index (χ1) is 14.9. The van der Waals surface area contributed by atoms with Gasteiger partial charge >= 0.3 is 11.9 Å². The van der Waals surface area contributed by atoms with E-state index >= 15 is 0 Å². The predicted octanol–water partition coefficient (Wildman–Crippen LogP) is 5.51. The minimum atomic E-state index is -0.520. The molecule has 0 N–H and O–H groups in total. The highest BCUT2D eigenvalue weighted by Gasteiger charge is 2.27. The molecule has 0 bridgehead atoms. The van der Waals surface area contributed by atoms with Gasteiger partial charge in [-0.1, -0.05) is 45.4 Å². The molecule has 0 spiro atoms. The van der Waals surface area contributed by atoms with E-state index in [-0.39, 0.29) is 47.0 Å². The van der Waals surface area contributed by atoms with Gasteiger partial charge in [0.1, 0.15) is 5.76 Å². The molecular weight excluding hydrogens is 400 g/mol. The van der Waals surface area contributed by atoms with Crippen molar-refractivity contribution >= 4 is 29.0 Å². The van der Waals surface area contributed by atoms with Gasteiger partial charge in [-0.3, -0.25) is 9.59 Å². The molecule has 1 aliphatic carbocycles. The number of unbranched alkanes of at least 4 members (excludes halogenated alkanes) is 2. The van der Waals surface area contributed by atoms with Crippen LogP contribution in [0.4, 0.5) is 11.4 Å². The molecule has 0 radical (unpaired) electrons. The van der Waals surface area contributed by atoms with E-state index in [0.29, 0.717) is 17.6 Å². The fourth-order valence-corrected chi connectivity index (χ4v) is 2.82. The molecule has 31 heavy (non-hydrogen) atoms. The smallest absolute Gasteiger partial charge is 0.311 e. The minimum absolute atomic E-state index is 0.0303. The Bertz CT molecular complexity index is 959. The minimum Gasteiger partial charge on any atom is -0.618 e. The Morgan fingerprint density at radius 1 is 1.10 bits per heavy atom. The van der Waals surface area contributed by atoms with E-state index in [1.165, 1.54) is 36.4 Å². The van der Waals surface area contributed by atoms with Crippen LogP contribution in [-0.4, -0.2) is 22.4 Å². The molecule has 1 aromatic carbocycles. The molecule has 0 aliphatic heterocycles. The summed E-state index contributed by atoms with van der Waals surface area (Å²) in [7, 11) is 0. The van der Waals surface area contributed by atoms with Gasteiger partial charge < -0.3 is 14.7 Å². The lowest BCUT2D eigenvalue weighted by atomic mass is 10.0. The van der Waals surface area contributed by atoms with Gasteiger partial charge in [0.25, 0.3) is 5.69 Å². The van der Waals surface area contributed by atoms with Crippen molar-refractivity contribution in [2.45, 2.75) is 52.4 Å². The summed E-state index contributed by atoms with van der Waals surface area (Å²) in [5.41, 5.74) is -0.226. The molecule has 0 saturated heterocycles. The number of nitrogens with zero attached hydrogens (tertiary/aromatic N) is 2. The van der Waals surface area contributed by atoms with Gasteiger partial charge in [0.15, 0.2) is 5.69 Å². The predicted molar refractivity (Wildman–Crippen MR) is 117 cm³/mol. The maximum atomic E-state index is 13.2. The molecule has 0 atom stereocenters. The average molecular weight is 426 g/mol. The van der Waals surface area contributed by atoms with Crippen molar-refractivity contribution in [1.29, 1.82) is 0 Å². The first kappa shape index (κ1) is 23.7. The summed E-state index contributed by atoms with van der Waals surface area (Å²) in [5, 5.41) is 16.1. The molecule has 164 valence electrons. The van der Waals surface area contributed by atoms with E-state index in [4.69, 9.17) is 9.47 Å². The lowest BCUT2D eigenvalue weighted by molar-refractivity contribution is -0.359. The summed E-state index contributed by atoms with van der Waals surface area (Å²) in [6, 6.07) is 4.22. The van der Waals surface area contributed by atoms with Crippen molar-refractivity contribution in [3.63, 3.8) is 0 Å². The highest BCUT2D eigenvalue weighted by atomic mass is 16.5. The fourth-order valence-electron chi connectivity index (χ4n) is 2.82. The second-order valence-corrected chi connectivity index (χ2v) is 6.92. The number of hydrogen-bond acceptors (Lipinski definition) is 7. The number of hydrogen-bond donors (Lipinski definition) is 0. The third kappa shape index (κ3) is 6.21. The van der Waals surface area contributed by atoms with Crippen LogP contribution in [0.1, 0.15) is 52.4 Å². The van der Waals surface area contributed by atoms with Crippen molar-refractivity contribution in [1.82, 2.24) is 0 Å². The molecule has 0 heterocycles. The Kier molecular flexibility index (Phi) is 8.87. The molecule has 1 aromatic rings. The molecule has 0 unspecified atom stereocenters. The van der Waals surface area contributed by atoms with Crippen LogP contribution in [0.3, 0.4) is 0 Å². The molecule has 0 saturated carbocycles. The summed E-state index contributed by atoms with van der Waals surface area (Å²) < 4.78 is 11.1. The van der Waals surface area contributed by atoms with Gasteiger partial charge in [0.2, 0.25) is 11.5 Å². The first-order valence-electron chi connectivity index (χ1n) is 10.2. The van der Waals surface area contributed by atoms with Crippen molar-refractivity contribution in [2.75, 3.05) is 0 Å². The SMILES string of the molecule is C=C1C(OC(=O)CCCC)=CC=C/C1=[N+](\[O-])c1c(N=O)cccc1OC(=O)CCCC. The second kappa shape index (κ2) is 11.6. The van der Waals surface area contributed by atoms with Crippen LogP contribution in [0.25, 0.3) is 0 Å². The number of carbonyl (C=O) groups is 2. The van der Waals surface area contributed by atoms with E-state index in [1.807, 2.05) is 13.8 Å². The summed E-state index contributed by atoms with van der Waals surface area (Å²) in [5.74, 6) is -0.898. The maximum absolute atomic E-state index is 13.2. The highest BCUT2D eigenvalue weighted by Crippen LogP contribution is 2.38. The Labute approximate surface area is 181 Å². The monoisotopic (exact) mass is 426 g/mol. The molecule has 8 heteroatoms. The maximum Gasteiger partial charge on any atom is 0.311 e. The Hall–Kier alpha value is -3.55. The van der Waals surface area contributed by atoms with Crippen LogP contribution in [-0.2, 0) is 14.3 Å². The van der Waals surface area contributed by atoms with Crippen LogP contribution >= 0.6 is 0 Å². The zero-order chi connectivity index (χ0) is 22.8. The van der Waals surface area contributed by atoms with Crippen LogP contribution in [0.2, 0.25) is 0 Å². The highest BCUT2D eigenvalue weighted by molar-refractivity contribution is 6.09. The van der Waals surface area contributed by atoms with E-state index in [9.17, 15) is 19.7 Å². The molecule has 0 aromatic heterocycles. The van der Waals surface area contributed by atoms with Crippen molar-refractivity contribution < 1.29 is 23.8 Å². The third-order valence-corrected chi connectivity index (χ3v) is 4.52. The zero-order valence-electron chi connectivity index (χ0n) is 17.8. The average Bonchev–Trinajstić information content (AvgIpc) is 2.77. The molecule has 1 aliphatic rings. The molecule has 2 rings (SSSR count). The zero-order valence-corrected chi connectivity index (χ0v) is 17.8. The largest absolute Gasteiger partial charge is 0.618 e. The van der Waals surface area contributed by atoms with Crippen molar-refractivity contribution in [3.05, 3.63) is 64.5 Å². The normalized spacial score (nSPS) is 14.6. The molecule has 8 nitrogen and oxygen atoms in total. The molecule has 0 amide bonds. The van der Waals surface area contributed by atoms with Crippen LogP contribution in [0.15, 0.2) is 59.5 Å². The van der Waals surface area contributed by atoms with Gasteiger partial charge in [-0.2, -0.15) is 4.74 Å². The second-order valence-electron chi connectivity index (χ2n) is 6.92. The first-order valence-corrected chi connectivity index (χ1v) is 10.2. The number of benzene rings is 1. The standard InChI is InChI=1S/C23H26N2O6/c1-4-6-14-21(26)30-19-12-9-11-18(16(19)3)25(29)23-17(24-28)10-8-13-20(23)31-22(27)15-7-5-2/h8-13H,3-7,14-15H2,1-2H3/b25-18+. The lowest BCUT2D eigenvalue weighted by Crippen LogP contribution is -2.19. The number of allylic oxidation sites excluding steroid dienone is 4. The van der Waals surface area contributed by atoms with Gasteiger partial charge in [0.05, 0.1) is 5.57 Å². The van der Waals surface area contributed by atoms with Crippen LogP contribution in [0.5, 0.6) is 5.75 Å². The van der Waals surface area contributed by atoms with Crippen molar-refractivity contribution in [3.8, 4) is 5.75 Å². The van der Waals surface area contributed by atoms with E-state index < -0.39 is 11.9 Å². The van der Waals surface area contributed by atoms with E-state index in [2.05, 4.69) is 11.8 Å². The summed E-state index contributed by atoms with van der Waals surface area (Å²) in [6.07, 6.45) is 7.91. The van der Waals surface area contributed by atoms with Crippen LogP contribution in [0, 0.1) is 10.1 Å².